The van der Waals surface area contributed by atoms with Crippen molar-refractivity contribution >= 4 is 56.5 Å². The van der Waals surface area contributed by atoms with Gasteiger partial charge in [0.05, 0.1) is 11.4 Å². The molecule has 3 rings (SSSR count). The Kier molecular flexibility index (Phi) is 5.47. The fraction of sp³-hybridized carbons (Fsp3) is 0.500. The molecule has 0 aromatic carbocycles. The first kappa shape index (κ1) is 17.3. The maximum atomic E-state index is 11.9. The number of nitrogens with zero attached hydrogens (tertiary/aromatic N) is 3. The summed E-state index contributed by atoms with van der Waals surface area (Å²) in [5, 5.41) is 14.6. The van der Waals surface area contributed by atoms with Crippen LogP contribution in [0.15, 0.2) is 4.34 Å². The van der Waals surface area contributed by atoms with E-state index < -0.39 is 0 Å². The van der Waals surface area contributed by atoms with Crippen molar-refractivity contribution in [3.05, 3.63) is 10.6 Å². The molecule has 0 unspecified atom stereocenters. The molecule has 7 nitrogen and oxygen atoms in total. The molecular formula is C14H17N5O2S3. The Labute approximate surface area is 151 Å². The first-order valence-electron chi connectivity index (χ1n) is 7.52. The van der Waals surface area contributed by atoms with Crippen LogP contribution < -0.4 is 10.6 Å². The number of carbonyl (C=O) groups is 2. The lowest BCUT2D eigenvalue weighted by Gasteiger charge is -2.23. The van der Waals surface area contributed by atoms with Gasteiger partial charge in [-0.05, 0) is 26.7 Å². The number of nitrogens with one attached hydrogen (secondary N) is 2. The first-order valence-corrected chi connectivity index (χ1v) is 10.1. The largest absolute Gasteiger partial charge is 0.301 e. The number of aryl methyl sites for hydroxylation is 2. The molecule has 2 amide bonds. The third kappa shape index (κ3) is 4.31. The lowest BCUT2D eigenvalue weighted by molar-refractivity contribution is -0.122. The fourth-order valence-electron chi connectivity index (χ4n) is 2.01. The number of rotatable bonds is 6. The number of carbonyl (C=O) groups excluding carboxylic acids is 2. The van der Waals surface area contributed by atoms with Crippen LogP contribution in [-0.2, 0) is 9.59 Å². The van der Waals surface area contributed by atoms with Crippen molar-refractivity contribution in [2.24, 2.45) is 5.92 Å². The Morgan fingerprint density at radius 1 is 1.17 bits per heavy atom. The lowest BCUT2D eigenvalue weighted by Crippen LogP contribution is -2.27. The molecular weight excluding hydrogens is 366 g/mol. The molecule has 2 aromatic rings. The summed E-state index contributed by atoms with van der Waals surface area (Å²) >= 11 is 4.04. The van der Waals surface area contributed by atoms with Crippen LogP contribution >= 0.6 is 34.4 Å². The second-order valence-corrected chi connectivity index (χ2v) is 8.89. The van der Waals surface area contributed by atoms with Gasteiger partial charge in [-0.1, -0.05) is 29.5 Å². The van der Waals surface area contributed by atoms with Crippen molar-refractivity contribution in [2.75, 3.05) is 16.4 Å². The van der Waals surface area contributed by atoms with E-state index in [2.05, 4.69) is 25.8 Å². The molecule has 0 spiro atoms. The number of anilines is 2. The minimum Gasteiger partial charge on any atom is -0.301 e. The summed E-state index contributed by atoms with van der Waals surface area (Å²) in [5.74, 6) is 0.217. The molecule has 1 saturated carbocycles. The summed E-state index contributed by atoms with van der Waals surface area (Å²) in [6, 6.07) is 0. The van der Waals surface area contributed by atoms with E-state index in [9.17, 15) is 9.59 Å². The zero-order valence-corrected chi connectivity index (χ0v) is 15.7. The van der Waals surface area contributed by atoms with Crippen LogP contribution in [-0.4, -0.2) is 32.7 Å². The van der Waals surface area contributed by atoms with E-state index in [1.54, 1.807) is 0 Å². The molecule has 24 heavy (non-hydrogen) atoms. The molecule has 0 atom stereocenters. The van der Waals surface area contributed by atoms with Gasteiger partial charge >= 0.3 is 0 Å². The lowest BCUT2D eigenvalue weighted by atomic mass is 9.85. The molecule has 10 heteroatoms. The number of amides is 2. The molecule has 2 aromatic heterocycles. The number of hydrogen-bond acceptors (Lipinski definition) is 8. The van der Waals surface area contributed by atoms with Crippen molar-refractivity contribution < 1.29 is 9.59 Å². The maximum Gasteiger partial charge on any atom is 0.236 e. The van der Waals surface area contributed by atoms with Gasteiger partial charge in [-0.2, -0.15) is 0 Å². The Morgan fingerprint density at radius 3 is 2.58 bits per heavy atom. The second-order valence-electron chi connectivity index (χ2n) is 5.49. The highest BCUT2D eigenvalue weighted by atomic mass is 32.2. The van der Waals surface area contributed by atoms with Gasteiger partial charge in [0.1, 0.15) is 0 Å². The van der Waals surface area contributed by atoms with E-state index >= 15 is 0 Å². The molecule has 2 N–H and O–H groups in total. The van der Waals surface area contributed by atoms with E-state index in [-0.39, 0.29) is 23.5 Å². The van der Waals surface area contributed by atoms with Gasteiger partial charge in [0.15, 0.2) is 9.47 Å². The fourth-order valence-corrected chi connectivity index (χ4v) is 4.39. The maximum absolute atomic E-state index is 11.9. The van der Waals surface area contributed by atoms with Crippen molar-refractivity contribution in [1.82, 2.24) is 15.2 Å². The SMILES string of the molecule is Cc1nc(NC(=O)CSc2nnc(NC(=O)C3CCC3)s2)sc1C. The van der Waals surface area contributed by atoms with E-state index in [0.717, 1.165) is 29.8 Å². The first-order chi connectivity index (χ1) is 11.5. The Hall–Kier alpha value is -1.52. The van der Waals surface area contributed by atoms with Crippen LogP contribution in [0.1, 0.15) is 29.8 Å². The van der Waals surface area contributed by atoms with Crippen LogP contribution in [0, 0.1) is 19.8 Å². The number of thioether (sulfide) groups is 1. The average Bonchev–Trinajstić information content (AvgIpc) is 3.02. The zero-order valence-electron chi connectivity index (χ0n) is 13.3. The molecule has 128 valence electrons. The Bertz CT molecular complexity index is 734. The van der Waals surface area contributed by atoms with E-state index in [1.807, 2.05) is 13.8 Å². The van der Waals surface area contributed by atoms with Gasteiger partial charge in [0.2, 0.25) is 16.9 Å². The highest BCUT2D eigenvalue weighted by molar-refractivity contribution is 8.01. The quantitative estimate of drug-likeness (QED) is 0.588. The summed E-state index contributed by atoms with van der Waals surface area (Å²) in [4.78, 5) is 29.2. The number of thiazole rings is 1. The van der Waals surface area contributed by atoms with E-state index in [0.29, 0.717) is 14.6 Å². The van der Waals surface area contributed by atoms with Crippen molar-refractivity contribution in [1.29, 1.82) is 0 Å². The highest BCUT2D eigenvalue weighted by Gasteiger charge is 2.26. The van der Waals surface area contributed by atoms with Crippen molar-refractivity contribution in [2.45, 2.75) is 37.4 Å². The third-order valence-electron chi connectivity index (χ3n) is 3.71. The van der Waals surface area contributed by atoms with Gasteiger partial charge in [0.25, 0.3) is 0 Å². The van der Waals surface area contributed by atoms with Crippen LogP contribution in [0.4, 0.5) is 10.3 Å². The van der Waals surface area contributed by atoms with E-state index in [1.165, 1.54) is 34.4 Å². The predicted octanol–water partition coefficient (Wildman–Crippen LogP) is 3.08. The molecule has 2 heterocycles. The summed E-state index contributed by atoms with van der Waals surface area (Å²) in [7, 11) is 0. The Morgan fingerprint density at radius 2 is 1.96 bits per heavy atom. The smallest absolute Gasteiger partial charge is 0.236 e. The second kappa shape index (κ2) is 7.58. The normalized spacial score (nSPS) is 14.2. The predicted molar refractivity (Wildman–Crippen MR) is 96.8 cm³/mol. The third-order valence-corrected chi connectivity index (χ3v) is 6.67. The molecule has 0 aliphatic heterocycles. The van der Waals surface area contributed by atoms with Gasteiger partial charge in [0, 0.05) is 10.8 Å². The monoisotopic (exact) mass is 383 g/mol. The summed E-state index contributed by atoms with van der Waals surface area (Å²) in [6.07, 6.45) is 3.01. The number of aromatic nitrogens is 3. The minimum atomic E-state index is -0.135. The van der Waals surface area contributed by atoms with E-state index in [4.69, 9.17) is 0 Å². The van der Waals surface area contributed by atoms with Crippen molar-refractivity contribution in [3.8, 4) is 0 Å². The van der Waals surface area contributed by atoms with Gasteiger partial charge < -0.3 is 10.6 Å². The number of hydrogen-bond donors (Lipinski definition) is 2. The topological polar surface area (TPSA) is 96.9 Å². The van der Waals surface area contributed by atoms with Crippen LogP contribution in [0.2, 0.25) is 0 Å². The van der Waals surface area contributed by atoms with Gasteiger partial charge in [-0.25, -0.2) is 4.98 Å². The van der Waals surface area contributed by atoms with Crippen LogP contribution in [0.3, 0.4) is 0 Å². The zero-order chi connectivity index (χ0) is 17.1. The molecule has 1 aliphatic carbocycles. The van der Waals surface area contributed by atoms with Crippen LogP contribution in [0.5, 0.6) is 0 Å². The minimum absolute atomic E-state index is 0.0150. The summed E-state index contributed by atoms with van der Waals surface area (Å²) < 4.78 is 0.653. The molecule has 1 fully saturated rings. The summed E-state index contributed by atoms with van der Waals surface area (Å²) in [5.41, 5.74) is 0.930. The van der Waals surface area contributed by atoms with Gasteiger partial charge in [-0.15, -0.1) is 21.5 Å². The highest BCUT2D eigenvalue weighted by Crippen LogP contribution is 2.30. The molecule has 0 radical (unpaired) electrons. The Balaban J connectivity index is 1.46. The standard InChI is InChI=1S/C14H17N5O2S3/c1-7-8(2)23-12(15-7)16-10(20)6-22-14-19-18-13(24-14)17-11(21)9-4-3-5-9/h9H,3-6H2,1-2H3,(H,15,16,20)(H,17,18,21). The summed E-state index contributed by atoms with van der Waals surface area (Å²) in [6.45, 7) is 3.88. The molecule has 0 bridgehead atoms. The average molecular weight is 384 g/mol. The van der Waals surface area contributed by atoms with Crippen LogP contribution in [0.25, 0.3) is 0 Å². The van der Waals surface area contributed by atoms with Gasteiger partial charge in [-0.3, -0.25) is 9.59 Å². The molecule has 1 aliphatic rings. The molecule has 0 saturated heterocycles. The van der Waals surface area contributed by atoms with Crippen molar-refractivity contribution in [3.63, 3.8) is 0 Å².